The van der Waals surface area contributed by atoms with Crippen LogP contribution in [0.15, 0.2) is 0 Å². The van der Waals surface area contributed by atoms with Gasteiger partial charge in [0.05, 0.1) is 0 Å². The van der Waals surface area contributed by atoms with Crippen LogP contribution in [0.25, 0.3) is 0 Å². The molecule has 0 aliphatic heterocycles. The van der Waals surface area contributed by atoms with E-state index < -0.39 is 10.0 Å². The van der Waals surface area contributed by atoms with Crippen molar-refractivity contribution in [3.63, 3.8) is 0 Å². The van der Waals surface area contributed by atoms with Crippen LogP contribution in [0.4, 0.5) is 0 Å². The van der Waals surface area contributed by atoms with Gasteiger partial charge >= 0.3 is 5.97 Å². The fourth-order valence-corrected chi connectivity index (χ4v) is 0.123. The molecule has 42 valence electrons. The summed E-state index contributed by atoms with van der Waals surface area (Å²) in [5, 5.41) is 10.7. The number of nitrogens with one attached hydrogen (secondary N) is 1. The van der Waals surface area contributed by atoms with E-state index in [0.717, 1.165) is 0 Å². The molecule has 4 heteroatoms. The normalized spacial score (nSPS) is 13.4. The first-order chi connectivity index (χ1) is 3.18. The molecule has 1 unspecified atom stereocenters. The van der Waals surface area contributed by atoms with E-state index in [1.807, 2.05) is 0 Å². The first-order valence-electron chi connectivity index (χ1n) is 1.72. The zero-order valence-electron chi connectivity index (χ0n) is 3.81. The second-order valence-electron chi connectivity index (χ2n) is 0.989. The van der Waals surface area contributed by atoms with Crippen molar-refractivity contribution >= 4 is 28.6 Å². The summed E-state index contributed by atoms with van der Waals surface area (Å²) in [6, 6.07) is 0. The molecule has 7 heavy (non-hydrogen) atoms. The van der Waals surface area contributed by atoms with E-state index in [9.17, 15) is 4.79 Å². The monoisotopic (exact) mass is 215 g/mol. The lowest BCUT2D eigenvalue weighted by atomic mass is 10.7. The maximum Gasteiger partial charge on any atom is 0.330 e. The molecule has 0 amide bonds. The summed E-state index contributed by atoms with van der Waals surface area (Å²) in [4.78, 5) is 9.86. The Morgan fingerprint density at radius 2 is 2.43 bits per heavy atom. The van der Waals surface area contributed by atoms with Gasteiger partial charge < -0.3 is 5.11 Å². The Hall–Kier alpha value is 0.160. The van der Waals surface area contributed by atoms with E-state index in [4.69, 9.17) is 5.11 Å². The highest BCUT2D eigenvalue weighted by atomic mass is 127. The Morgan fingerprint density at radius 3 is 2.43 bits per heavy atom. The Morgan fingerprint density at radius 1 is 2.00 bits per heavy atom. The quantitative estimate of drug-likeness (QED) is 0.388. The van der Waals surface area contributed by atoms with Gasteiger partial charge in [-0.1, -0.05) is 22.6 Å². The van der Waals surface area contributed by atoms with Crippen LogP contribution >= 0.6 is 22.6 Å². The summed E-state index contributed by atoms with van der Waals surface area (Å²) in [6.45, 7) is 0. The van der Waals surface area contributed by atoms with E-state index in [1.165, 1.54) is 0 Å². The van der Waals surface area contributed by atoms with Gasteiger partial charge in [0.25, 0.3) is 0 Å². The molecule has 0 aromatic heterocycles. The number of alkyl halides is 1. The minimum atomic E-state index is -0.830. The van der Waals surface area contributed by atoms with Gasteiger partial charge in [-0.25, -0.2) is 4.79 Å². The summed E-state index contributed by atoms with van der Waals surface area (Å²) in [5.41, 5.74) is 0. The number of hydrogen-bond acceptors (Lipinski definition) is 2. The molecule has 0 rings (SSSR count). The molecule has 0 heterocycles. The highest BCUT2D eigenvalue weighted by Crippen LogP contribution is 1.91. The molecule has 0 aromatic carbocycles. The predicted molar refractivity (Wildman–Crippen MR) is 34.5 cm³/mol. The van der Waals surface area contributed by atoms with Crippen molar-refractivity contribution in [3.05, 3.63) is 0 Å². The molecular weight excluding hydrogens is 209 g/mol. The van der Waals surface area contributed by atoms with Crippen molar-refractivity contribution < 1.29 is 9.90 Å². The third-order valence-corrected chi connectivity index (χ3v) is 1.63. The topological polar surface area (TPSA) is 49.3 Å². The van der Waals surface area contributed by atoms with Crippen LogP contribution in [-0.2, 0) is 4.79 Å². The van der Waals surface area contributed by atoms with Crippen LogP contribution in [0.5, 0.6) is 0 Å². The SMILES string of the molecule is CNC(I)C(=O)O. The summed E-state index contributed by atoms with van der Waals surface area (Å²) in [6.07, 6.45) is 0. The Labute approximate surface area is 55.2 Å². The van der Waals surface area contributed by atoms with Gasteiger partial charge in [-0.05, 0) is 7.05 Å². The number of likely N-dealkylation sites (N-methyl/N-ethyl adjacent to an activating group) is 1. The minimum Gasteiger partial charge on any atom is -0.479 e. The lowest BCUT2D eigenvalue weighted by Crippen LogP contribution is -2.26. The number of carboxylic acid groups (broad SMARTS) is 1. The smallest absolute Gasteiger partial charge is 0.330 e. The van der Waals surface area contributed by atoms with Crippen LogP contribution in [0.3, 0.4) is 0 Å². The maximum absolute atomic E-state index is 9.86. The van der Waals surface area contributed by atoms with Crippen LogP contribution in [0.1, 0.15) is 0 Å². The van der Waals surface area contributed by atoms with Gasteiger partial charge in [0, 0.05) is 0 Å². The molecule has 0 aliphatic rings. The molecule has 0 spiro atoms. The van der Waals surface area contributed by atoms with Crippen molar-refractivity contribution in [1.82, 2.24) is 5.32 Å². The Balaban J connectivity index is 3.34. The molecule has 0 aromatic rings. The predicted octanol–water partition coefficient (Wildman–Crippen LogP) is 0.0515. The van der Waals surface area contributed by atoms with Gasteiger partial charge in [0.2, 0.25) is 0 Å². The molecular formula is C3H6INO2. The molecule has 0 bridgehead atoms. The standard InChI is InChI=1S/C3H6INO2/c1-5-2(4)3(6)7/h2,5H,1H3,(H,6,7). The third-order valence-electron chi connectivity index (χ3n) is 0.470. The van der Waals surface area contributed by atoms with Crippen molar-refractivity contribution in [2.75, 3.05) is 7.05 Å². The zero-order valence-corrected chi connectivity index (χ0v) is 5.97. The van der Waals surface area contributed by atoms with Gasteiger partial charge in [0.1, 0.15) is 0 Å². The number of aliphatic carboxylic acids is 1. The maximum atomic E-state index is 9.86. The number of halogens is 1. The molecule has 2 N–H and O–H groups in total. The van der Waals surface area contributed by atoms with Crippen LogP contribution in [-0.4, -0.2) is 22.2 Å². The Bertz CT molecular complexity index is 75.3. The van der Waals surface area contributed by atoms with E-state index in [2.05, 4.69) is 5.32 Å². The second kappa shape index (κ2) is 3.20. The van der Waals surface area contributed by atoms with Gasteiger partial charge in [0.15, 0.2) is 4.05 Å². The average molecular weight is 215 g/mol. The zero-order chi connectivity index (χ0) is 5.86. The molecule has 0 saturated heterocycles. The lowest BCUT2D eigenvalue weighted by molar-refractivity contribution is -0.136. The van der Waals surface area contributed by atoms with Gasteiger partial charge in [-0.3, -0.25) is 5.32 Å². The molecule has 0 aliphatic carbocycles. The van der Waals surface area contributed by atoms with E-state index in [0.29, 0.717) is 0 Å². The summed E-state index contributed by atoms with van der Waals surface area (Å²) >= 11 is 1.78. The molecule has 1 atom stereocenters. The fraction of sp³-hybridized carbons (Fsp3) is 0.667. The second-order valence-corrected chi connectivity index (χ2v) is 2.24. The lowest BCUT2D eigenvalue weighted by Gasteiger charge is -1.97. The van der Waals surface area contributed by atoms with Gasteiger partial charge in [-0.15, -0.1) is 0 Å². The van der Waals surface area contributed by atoms with Crippen LogP contribution in [0.2, 0.25) is 0 Å². The minimum absolute atomic E-state index is 0.461. The van der Waals surface area contributed by atoms with Crippen molar-refractivity contribution in [2.24, 2.45) is 0 Å². The van der Waals surface area contributed by atoms with E-state index in [1.54, 1.807) is 29.6 Å². The van der Waals surface area contributed by atoms with Crippen molar-refractivity contribution in [2.45, 2.75) is 4.05 Å². The highest BCUT2D eigenvalue weighted by molar-refractivity contribution is 14.1. The first-order valence-corrected chi connectivity index (χ1v) is 2.97. The fourth-order valence-electron chi connectivity index (χ4n) is 0.123. The van der Waals surface area contributed by atoms with Crippen LogP contribution in [0, 0.1) is 0 Å². The first kappa shape index (κ1) is 7.16. The van der Waals surface area contributed by atoms with E-state index in [-0.39, 0.29) is 0 Å². The van der Waals surface area contributed by atoms with Crippen molar-refractivity contribution in [3.8, 4) is 0 Å². The number of hydrogen-bond donors (Lipinski definition) is 2. The number of carboxylic acids is 1. The average Bonchev–Trinajstić information content (AvgIpc) is 1.65. The molecule has 0 fully saturated rings. The molecule has 3 nitrogen and oxygen atoms in total. The largest absolute Gasteiger partial charge is 0.479 e. The summed E-state index contributed by atoms with van der Waals surface area (Å²) < 4.78 is -0.461. The Kier molecular flexibility index (Phi) is 3.27. The molecule has 0 saturated carbocycles. The van der Waals surface area contributed by atoms with Crippen molar-refractivity contribution in [1.29, 1.82) is 0 Å². The summed E-state index contributed by atoms with van der Waals surface area (Å²) in [7, 11) is 1.60. The number of rotatable bonds is 2. The highest BCUT2D eigenvalue weighted by Gasteiger charge is 2.06. The van der Waals surface area contributed by atoms with Crippen LogP contribution < -0.4 is 5.32 Å². The summed E-state index contributed by atoms with van der Waals surface area (Å²) in [5.74, 6) is -0.830. The number of carbonyl (C=O) groups is 1. The van der Waals surface area contributed by atoms with E-state index >= 15 is 0 Å². The third kappa shape index (κ3) is 2.81. The molecule has 0 radical (unpaired) electrons. The van der Waals surface area contributed by atoms with Gasteiger partial charge in [-0.2, -0.15) is 0 Å².